The Balaban J connectivity index is 1.25. The van der Waals surface area contributed by atoms with Gasteiger partial charge in [0.25, 0.3) is 0 Å². The van der Waals surface area contributed by atoms with Gasteiger partial charge in [-0.15, -0.1) is 0 Å². The van der Waals surface area contributed by atoms with Gasteiger partial charge in [-0.1, -0.05) is 66.0 Å². The van der Waals surface area contributed by atoms with Crippen LogP contribution in [-0.2, 0) is 16.1 Å². The first-order valence-electron chi connectivity index (χ1n) is 14.3. The summed E-state index contributed by atoms with van der Waals surface area (Å²) in [6.45, 7) is 3.18. The maximum Gasteiger partial charge on any atom is 0.189 e. The number of benzene rings is 2. The number of anilines is 2. The number of carbonyl (C=O) groups excluding carboxylic acids is 2. The van der Waals surface area contributed by atoms with Crippen molar-refractivity contribution in [3.8, 4) is 12.0 Å². The van der Waals surface area contributed by atoms with Crippen molar-refractivity contribution in [2.24, 2.45) is 10.2 Å². The highest BCUT2D eigenvalue weighted by Gasteiger charge is 2.10. The lowest BCUT2D eigenvalue weighted by Gasteiger charge is -2.11. The number of nitrogens with zero attached hydrogens (tertiary/aromatic N) is 5. The molecule has 10 heteroatoms. The number of hydrogen-bond acceptors (Lipinski definition) is 9. The summed E-state index contributed by atoms with van der Waals surface area (Å²) in [5.41, 5.74) is 3.78. The first-order valence-corrected chi connectivity index (χ1v) is 16.3. The Morgan fingerprint density at radius 1 is 0.841 bits per heavy atom. The Kier molecular flexibility index (Phi) is 15.4. The molecule has 0 aliphatic carbocycles. The van der Waals surface area contributed by atoms with Crippen LogP contribution in [0.5, 0.6) is 0 Å². The average Bonchev–Trinajstić information content (AvgIpc) is 3.06. The van der Waals surface area contributed by atoms with Crippen LogP contribution in [0.2, 0.25) is 0 Å². The van der Waals surface area contributed by atoms with E-state index in [9.17, 15) is 9.59 Å². The summed E-state index contributed by atoms with van der Waals surface area (Å²) in [6, 6.07) is 26.7. The van der Waals surface area contributed by atoms with Crippen molar-refractivity contribution in [2.75, 3.05) is 42.2 Å². The first kappa shape index (κ1) is 34.2. The van der Waals surface area contributed by atoms with Gasteiger partial charge in [0.05, 0.1) is 29.6 Å². The number of carbonyl (C=O) groups is 2. The van der Waals surface area contributed by atoms with E-state index in [2.05, 4.69) is 27.5 Å². The van der Waals surface area contributed by atoms with Crippen molar-refractivity contribution in [3.05, 3.63) is 102 Å². The van der Waals surface area contributed by atoms with Gasteiger partial charge in [-0.3, -0.25) is 19.6 Å². The van der Waals surface area contributed by atoms with Gasteiger partial charge in [0, 0.05) is 68.5 Å². The minimum absolute atomic E-state index is 0.0171. The molecule has 3 rings (SSSR count). The van der Waals surface area contributed by atoms with E-state index in [1.54, 1.807) is 11.2 Å². The van der Waals surface area contributed by atoms with Crippen molar-refractivity contribution >= 4 is 57.6 Å². The third kappa shape index (κ3) is 13.3. The van der Waals surface area contributed by atoms with E-state index in [1.807, 2.05) is 128 Å². The fourth-order valence-corrected chi connectivity index (χ4v) is 5.07. The second kappa shape index (κ2) is 19.8. The van der Waals surface area contributed by atoms with Gasteiger partial charge in [0.15, 0.2) is 29.2 Å². The number of pyridine rings is 1. The summed E-state index contributed by atoms with van der Waals surface area (Å²) < 4.78 is 2.03. The number of aromatic nitrogens is 1. The van der Waals surface area contributed by atoms with Gasteiger partial charge in [-0.2, -0.15) is 10.2 Å². The number of allylic oxidation sites excluding steroid dienone is 2. The lowest BCUT2D eigenvalue weighted by atomic mass is 10.3. The van der Waals surface area contributed by atoms with Crippen molar-refractivity contribution < 1.29 is 14.2 Å². The third-order valence-corrected chi connectivity index (χ3v) is 8.02. The number of para-hydroxylation sites is 2. The van der Waals surface area contributed by atoms with Crippen LogP contribution in [0.4, 0.5) is 11.4 Å². The monoisotopic (exact) mass is 627 g/mol. The summed E-state index contributed by atoms with van der Waals surface area (Å²) in [5, 5.41) is 15.6. The first-order chi connectivity index (χ1) is 21.4. The Morgan fingerprint density at radius 3 is 2.00 bits per heavy atom. The van der Waals surface area contributed by atoms with Crippen molar-refractivity contribution in [3.63, 3.8) is 0 Å². The Bertz CT molecular complexity index is 1470. The molecule has 8 nitrogen and oxygen atoms in total. The zero-order valence-corrected chi connectivity index (χ0v) is 27.1. The number of hydrogen-bond donors (Lipinski definition) is 1. The molecule has 1 N–H and O–H groups in total. The molecule has 0 radical (unpaired) electrons. The predicted octanol–water partition coefficient (Wildman–Crippen LogP) is 5.36. The molecule has 0 atom stereocenters. The number of hydrazone groups is 2. The standard InChI is InChI=1S/C34H39N6O2S2/c1-4-29(27-36-38(2)31-11-7-5-8-12-31)17-20-35-21-25-43-33(41)15-16-34(42)44-26-24-40-22-18-30(19-23-40)28-37-39(3)32-13-9-6-10-14-32/h4-14,18-19,22-23,27-28,35H,15-16,21,24-26H2,1-3H3/q+1. The molecule has 0 aliphatic rings. The second-order valence-electron chi connectivity index (χ2n) is 9.44. The summed E-state index contributed by atoms with van der Waals surface area (Å²) in [7, 11) is 3.80. The molecule has 228 valence electrons. The maximum absolute atomic E-state index is 12.3. The highest BCUT2D eigenvalue weighted by Crippen LogP contribution is 2.13. The van der Waals surface area contributed by atoms with E-state index in [4.69, 9.17) is 0 Å². The van der Waals surface area contributed by atoms with E-state index in [0.717, 1.165) is 22.5 Å². The fraction of sp³-hybridized carbons (Fsp3) is 0.265. The van der Waals surface area contributed by atoms with Crippen LogP contribution in [0.15, 0.2) is 107 Å². The molecule has 0 bridgehead atoms. The summed E-state index contributed by atoms with van der Waals surface area (Å²) in [5.74, 6) is 4.27. The maximum atomic E-state index is 12.3. The highest BCUT2D eigenvalue weighted by molar-refractivity contribution is 8.14. The number of rotatable bonds is 15. The third-order valence-electron chi connectivity index (χ3n) is 6.17. The molecule has 0 saturated carbocycles. The Hall–Kier alpha value is -4.33. The lowest BCUT2D eigenvalue weighted by Crippen LogP contribution is -2.34. The molecule has 3 aromatic rings. The zero-order valence-electron chi connectivity index (χ0n) is 25.4. The van der Waals surface area contributed by atoms with Crippen molar-refractivity contribution in [1.29, 1.82) is 0 Å². The number of nitrogens with one attached hydrogen (secondary N) is 1. The van der Waals surface area contributed by atoms with Gasteiger partial charge < -0.3 is 5.32 Å². The molecule has 2 aromatic carbocycles. The minimum Gasteiger partial charge on any atom is -0.345 e. The molecular formula is C34H39N6O2S2+. The Labute approximate surface area is 269 Å². The molecule has 0 saturated heterocycles. The SMILES string of the molecule is CC=C(C#CNCCSC(=O)CCC(=O)SCC[n+]1ccc(C=NN(C)c2ccccc2)cc1)C=NN(C)c1ccccc1. The molecule has 0 fully saturated rings. The van der Waals surface area contributed by atoms with Crippen LogP contribution in [0.1, 0.15) is 25.3 Å². The average molecular weight is 628 g/mol. The normalized spacial score (nSPS) is 11.3. The summed E-state index contributed by atoms with van der Waals surface area (Å²) in [4.78, 5) is 24.5. The van der Waals surface area contributed by atoms with Crippen LogP contribution < -0.4 is 19.9 Å². The van der Waals surface area contributed by atoms with Crippen molar-refractivity contribution in [1.82, 2.24) is 5.32 Å². The molecule has 0 unspecified atom stereocenters. The number of thioether (sulfide) groups is 2. The highest BCUT2D eigenvalue weighted by atomic mass is 32.2. The van der Waals surface area contributed by atoms with E-state index in [1.165, 1.54) is 23.5 Å². The zero-order chi connectivity index (χ0) is 31.4. The summed E-state index contributed by atoms with van der Waals surface area (Å²) >= 11 is 2.49. The number of aryl methyl sites for hydroxylation is 1. The Morgan fingerprint density at radius 2 is 1.41 bits per heavy atom. The van der Waals surface area contributed by atoms with E-state index in [0.29, 0.717) is 24.6 Å². The van der Waals surface area contributed by atoms with E-state index in [-0.39, 0.29) is 23.1 Å². The van der Waals surface area contributed by atoms with E-state index >= 15 is 0 Å². The van der Waals surface area contributed by atoms with Gasteiger partial charge >= 0.3 is 0 Å². The molecule has 1 heterocycles. The topological polar surface area (TPSA) is 81.2 Å². The second-order valence-corrected chi connectivity index (χ2v) is 11.7. The van der Waals surface area contributed by atoms with Crippen LogP contribution in [-0.4, -0.2) is 54.8 Å². The molecule has 0 amide bonds. The predicted molar refractivity (Wildman–Crippen MR) is 186 cm³/mol. The lowest BCUT2D eigenvalue weighted by molar-refractivity contribution is -0.692. The molecule has 0 spiro atoms. The smallest absolute Gasteiger partial charge is 0.189 e. The minimum atomic E-state index is 0.0171. The fourth-order valence-electron chi connectivity index (χ4n) is 3.61. The largest absolute Gasteiger partial charge is 0.345 e. The van der Waals surface area contributed by atoms with Gasteiger partial charge in [0.2, 0.25) is 0 Å². The molecular weight excluding hydrogens is 589 g/mol. The van der Waals surface area contributed by atoms with Crippen LogP contribution in [0, 0.1) is 12.0 Å². The van der Waals surface area contributed by atoms with Gasteiger partial charge in [0.1, 0.15) is 0 Å². The van der Waals surface area contributed by atoms with Crippen molar-refractivity contribution in [2.45, 2.75) is 26.3 Å². The summed E-state index contributed by atoms with van der Waals surface area (Å²) in [6.07, 6.45) is 9.87. The van der Waals surface area contributed by atoms with Gasteiger partial charge in [-0.05, 0) is 37.1 Å². The molecule has 0 aliphatic heterocycles. The van der Waals surface area contributed by atoms with Crippen LogP contribution >= 0.6 is 23.5 Å². The molecule has 1 aromatic heterocycles. The van der Waals surface area contributed by atoms with E-state index < -0.39 is 0 Å². The van der Waals surface area contributed by atoms with Gasteiger partial charge in [-0.25, -0.2) is 4.57 Å². The molecule has 44 heavy (non-hydrogen) atoms. The van der Waals surface area contributed by atoms with Crippen LogP contribution in [0.25, 0.3) is 0 Å². The quantitative estimate of drug-likeness (QED) is 0.0607. The van der Waals surface area contributed by atoms with Crippen LogP contribution in [0.3, 0.4) is 0 Å².